The zero-order chi connectivity index (χ0) is 22.0. The van der Waals surface area contributed by atoms with Gasteiger partial charge in [0.2, 0.25) is 5.91 Å². The average Bonchev–Trinajstić information content (AvgIpc) is 3.01. The highest BCUT2D eigenvalue weighted by molar-refractivity contribution is 7.18. The van der Waals surface area contributed by atoms with E-state index < -0.39 is 17.6 Å². The lowest BCUT2D eigenvalue weighted by molar-refractivity contribution is 0.0996. The summed E-state index contributed by atoms with van der Waals surface area (Å²) in [6, 6.07) is 9.95. The lowest BCUT2D eigenvalue weighted by Crippen LogP contribution is -2.14. The molecule has 0 aliphatic heterocycles. The smallest absolute Gasteiger partial charge is 0.266 e. The number of halogens is 2. The van der Waals surface area contributed by atoms with Crippen molar-refractivity contribution in [2.75, 3.05) is 10.6 Å². The number of hydrogen-bond acceptors (Lipinski definition) is 4. The third-order valence-electron chi connectivity index (χ3n) is 4.29. The molecule has 0 atom stereocenters. The van der Waals surface area contributed by atoms with Crippen LogP contribution in [0.5, 0.6) is 0 Å². The molecule has 0 saturated carbocycles. The van der Waals surface area contributed by atoms with Gasteiger partial charge in [0, 0.05) is 11.3 Å². The first-order chi connectivity index (χ1) is 14.2. The number of aryl methyl sites for hydroxylation is 2. The van der Waals surface area contributed by atoms with Gasteiger partial charge in [-0.15, -0.1) is 11.3 Å². The molecule has 0 spiro atoms. The highest BCUT2D eigenvalue weighted by Crippen LogP contribution is 2.29. The molecule has 0 saturated heterocycles. The van der Waals surface area contributed by atoms with E-state index in [2.05, 4.69) is 10.6 Å². The minimum absolute atomic E-state index is 0.00600. The van der Waals surface area contributed by atoms with Crippen LogP contribution in [0.15, 0.2) is 42.5 Å². The van der Waals surface area contributed by atoms with E-state index in [1.165, 1.54) is 6.07 Å². The number of nitrogens with one attached hydrogen (secondary N) is 2. The predicted molar refractivity (Wildman–Crippen MR) is 116 cm³/mol. The number of nitrogens with two attached hydrogens (primary N) is 1. The van der Waals surface area contributed by atoms with Crippen LogP contribution in [0.25, 0.3) is 0 Å². The summed E-state index contributed by atoms with van der Waals surface area (Å²) in [4.78, 5) is 36.8. The lowest BCUT2D eigenvalue weighted by atomic mass is 10.1. The van der Waals surface area contributed by atoms with Gasteiger partial charge in [-0.25, -0.2) is 4.39 Å². The highest BCUT2D eigenvalue weighted by atomic mass is 35.5. The van der Waals surface area contributed by atoms with Crippen LogP contribution in [0.3, 0.4) is 0 Å². The summed E-state index contributed by atoms with van der Waals surface area (Å²) in [5.41, 5.74) is 7.63. The molecule has 4 N–H and O–H groups in total. The molecule has 3 amide bonds. The zero-order valence-electron chi connectivity index (χ0n) is 16.0. The van der Waals surface area contributed by atoms with E-state index >= 15 is 0 Å². The van der Waals surface area contributed by atoms with Gasteiger partial charge in [-0.1, -0.05) is 11.6 Å². The number of amides is 3. The molecule has 30 heavy (non-hydrogen) atoms. The molecule has 2 aromatic carbocycles. The van der Waals surface area contributed by atoms with Gasteiger partial charge in [0.25, 0.3) is 11.8 Å². The molecule has 0 fully saturated rings. The van der Waals surface area contributed by atoms with Gasteiger partial charge < -0.3 is 16.4 Å². The van der Waals surface area contributed by atoms with Crippen LogP contribution in [0.4, 0.5) is 15.1 Å². The minimum Gasteiger partial charge on any atom is -0.366 e. The number of carbonyl (C=O) groups excluding carboxylic acids is 3. The van der Waals surface area contributed by atoms with Crippen LogP contribution in [0.2, 0.25) is 5.02 Å². The maximum atomic E-state index is 13.2. The van der Waals surface area contributed by atoms with Crippen molar-refractivity contribution >= 4 is 51.3 Å². The molecule has 3 rings (SSSR count). The van der Waals surface area contributed by atoms with Gasteiger partial charge in [0.05, 0.1) is 20.5 Å². The summed E-state index contributed by atoms with van der Waals surface area (Å²) in [5.74, 6) is -1.95. The summed E-state index contributed by atoms with van der Waals surface area (Å²) < 4.78 is 13.2. The average molecular weight is 446 g/mol. The molecule has 154 valence electrons. The fraction of sp³-hybridized carbons (Fsp3) is 0.0952. The number of anilines is 2. The molecular weight excluding hydrogens is 429 g/mol. The number of thiophene rings is 1. The Morgan fingerprint density at radius 2 is 1.63 bits per heavy atom. The first-order valence-corrected chi connectivity index (χ1v) is 9.94. The Labute approximate surface area is 180 Å². The van der Waals surface area contributed by atoms with Crippen LogP contribution in [-0.4, -0.2) is 17.7 Å². The van der Waals surface area contributed by atoms with Crippen molar-refractivity contribution in [3.8, 4) is 0 Å². The van der Waals surface area contributed by atoms with Crippen molar-refractivity contribution in [2.24, 2.45) is 5.73 Å². The summed E-state index contributed by atoms with van der Waals surface area (Å²) in [6.07, 6.45) is 0. The second-order valence-corrected chi connectivity index (χ2v) is 8.01. The number of rotatable bonds is 5. The summed E-state index contributed by atoms with van der Waals surface area (Å²) in [5, 5.41) is 5.87. The van der Waals surface area contributed by atoms with Crippen LogP contribution in [0, 0.1) is 19.7 Å². The maximum absolute atomic E-state index is 13.2. The number of primary amides is 1. The summed E-state index contributed by atoms with van der Waals surface area (Å²) in [6.45, 7) is 3.47. The van der Waals surface area contributed by atoms with E-state index in [-0.39, 0.29) is 16.5 Å². The molecule has 3 aromatic rings. The molecule has 0 radical (unpaired) electrons. The van der Waals surface area contributed by atoms with E-state index in [0.29, 0.717) is 32.3 Å². The van der Waals surface area contributed by atoms with Crippen LogP contribution >= 0.6 is 22.9 Å². The molecule has 0 bridgehead atoms. The summed E-state index contributed by atoms with van der Waals surface area (Å²) in [7, 11) is 0. The van der Waals surface area contributed by atoms with Gasteiger partial charge in [0.15, 0.2) is 0 Å². The quantitative estimate of drug-likeness (QED) is 0.527. The van der Waals surface area contributed by atoms with E-state index in [0.717, 1.165) is 23.5 Å². The second-order valence-electron chi connectivity index (χ2n) is 6.55. The zero-order valence-corrected chi connectivity index (χ0v) is 17.6. The molecule has 0 unspecified atom stereocenters. The molecule has 1 aromatic heterocycles. The van der Waals surface area contributed by atoms with Gasteiger partial charge >= 0.3 is 0 Å². The van der Waals surface area contributed by atoms with E-state index in [9.17, 15) is 18.8 Å². The standard InChI is InChI=1S/C21H17ClFN3O3S/c1-10-7-13(4-6-14(10)19(24)27)25-21(29)18-11(2)8-17(30-18)26-20(28)15-5-3-12(23)9-16(15)22/h3-9H,1-2H3,(H2,24,27)(H,25,29)(H,26,28). The van der Waals surface area contributed by atoms with Crippen molar-refractivity contribution in [1.29, 1.82) is 0 Å². The Balaban J connectivity index is 1.75. The van der Waals surface area contributed by atoms with Gasteiger partial charge in [-0.3, -0.25) is 14.4 Å². The fourth-order valence-electron chi connectivity index (χ4n) is 2.83. The van der Waals surface area contributed by atoms with E-state index in [1.807, 2.05) is 0 Å². The van der Waals surface area contributed by atoms with Crippen molar-refractivity contribution in [3.05, 3.63) is 80.4 Å². The fourth-order valence-corrected chi connectivity index (χ4v) is 4.04. The van der Waals surface area contributed by atoms with Crippen molar-refractivity contribution in [1.82, 2.24) is 0 Å². The third-order valence-corrected chi connectivity index (χ3v) is 5.75. The molecule has 0 aliphatic rings. The van der Waals surface area contributed by atoms with Crippen molar-refractivity contribution in [3.63, 3.8) is 0 Å². The van der Waals surface area contributed by atoms with Crippen LogP contribution < -0.4 is 16.4 Å². The Bertz CT molecular complexity index is 1180. The van der Waals surface area contributed by atoms with Crippen LogP contribution in [0.1, 0.15) is 41.5 Å². The topological polar surface area (TPSA) is 101 Å². The molecular formula is C21H17ClFN3O3S. The lowest BCUT2D eigenvalue weighted by Gasteiger charge is -2.08. The van der Waals surface area contributed by atoms with E-state index in [4.69, 9.17) is 17.3 Å². The summed E-state index contributed by atoms with van der Waals surface area (Å²) >= 11 is 7.02. The van der Waals surface area contributed by atoms with Crippen molar-refractivity contribution in [2.45, 2.75) is 13.8 Å². The number of benzene rings is 2. The number of carbonyl (C=O) groups is 3. The maximum Gasteiger partial charge on any atom is 0.266 e. The number of hydrogen-bond donors (Lipinski definition) is 3. The Morgan fingerprint density at radius 3 is 2.27 bits per heavy atom. The first-order valence-electron chi connectivity index (χ1n) is 8.74. The Morgan fingerprint density at radius 1 is 0.933 bits per heavy atom. The Kier molecular flexibility index (Phi) is 6.19. The molecule has 6 nitrogen and oxygen atoms in total. The predicted octanol–water partition coefficient (Wildman–Crippen LogP) is 4.76. The second kappa shape index (κ2) is 8.64. The largest absolute Gasteiger partial charge is 0.366 e. The minimum atomic E-state index is -0.541. The molecule has 9 heteroatoms. The van der Waals surface area contributed by atoms with Crippen molar-refractivity contribution < 1.29 is 18.8 Å². The molecule has 0 aliphatic carbocycles. The first kappa shape index (κ1) is 21.5. The van der Waals surface area contributed by atoms with E-state index in [1.54, 1.807) is 38.1 Å². The molecule has 1 heterocycles. The SMILES string of the molecule is Cc1cc(NC(=O)c2sc(NC(=O)c3ccc(F)cc3Cl)cc2C)ccc1C(N)=O. The normalized spacial score (nSPS) is 10.5. The van der Waals surface area contributed by atoms with Gasteiger partial charge in [-0.2, -0.15) is 0 Å². The Hall–Kier alpha value is -3.23. The van der Waals surface area contributed by atoms with Gasteiger partial charge in [-0.05, 0) is 67.4 Å². The van der Waals surface area contributed by atoms with Gasteiger partial charge in [0.1, 0.15) is 5.82 Å². The third kappa shape index (κ3) is 4.67. The van der Waals surface area contributed by atoms with Crippen LogP contribution in [-0.2, 0) is 0 Å². The highest BCUT2D eigenvalue weighted by Gasteiger charge is 2.18. The monoisotopic (exact) mass is 445 g/mol.